The molecule has 3 rings (SSSR count). The van der Waals surface area contributed by atoms with E-state index in [-0.39, 0.29) is 0 Å². The first-order valence-electron chi connectivity index (χ1n) is 7.06. The van der Waals surface area contributed by atoms with Crippen LogP contribution in [0, 0.1) is 6.92 Å². The summed E-state index contributed by atoms with van der Waals surface area (Å²) in [4.78, 5) is 0. The van der Waals surface area contributed by atoms with E-state index in [9.17, 15) is 0 Å². The van der Waals surface area contributed by atoms with Gasteiger partial charge in [-0.2, -0.15) is 0 Å². The lowest BCUT2D eigenvalue weighted by molar-refractivity contribution is 0.113. The Morgan fingerprint density at radius 2 is 2.16 bits per heavy atom. The van der Waals surface area contributed by atoms with E-state index in [1.54, 1.807) is 0 Å². The molecule has 102 valence electrons. The fraction of sp³-hybridized carbons (Fsp3) is 0.500. The highest BCUT2D eigenvalue weighted by molar-refractivity contribution is 5.85. The first-order valence-corrected chi connectivity index (χ1v) is 7.06. The molecule has 0 saturated carbocycles. The predicted molar refractivity (Wildman–Crippen MR) is 78.3 cm³/mol. The van der Waals surface area contributed by atoms with Crippen LogP contribution in [0.25, 0.3) is 10.9 Å². The summed E-state index contributed by atoms with van der Waals surface area (Å²) >= 11 is 0. The van der Waals surface area contributed by atoms with Crippen molar-refractivity contribution in [3.8, 4) is 0 Å². The highest BCUT2D eigenvalue weighted by atomic mass is 16.5. The van der Waals surface area contributed by atoms with Gasteiger partial charge in [0.1, 0.15) is 0 Å². The number of rotatable bonds is 3. The smallest absolute Gasteiger partial charge is 0.0700 e. The molecule has 0 amide bonds. The first kappa shape index (κ1) is 12.7. The highest BCUT2D eigenvalue weighted by Crippen LogP contribution is 2.24. The Morgan fingerprint density at radius 1 is 1.37 bits per heavy atom. The van der Waals surface area contributed by atoms with E-state index < -0.39 is 0 Å². The minimum Gasteiger partial charge on any atom is -0.377 e. The number of nitrogens with zero attached hydrogens (tertiary/aromatic N) is 1. The number of fused-ring (bicyclic) bond motifs is 1. The molecule has 0 bridgehead atoms. The van der Waals surface area contributed by atoms with E-state index in [1.165, 1.54) is 22.2 Å². The van der Waals surface area contributed by atoms with Crippen LogP contribution in [-0.2, 0) is 18.3 Å². The van der Waals surface area contributed by atoms with Gasteiger partial charge in [0.15, 0.2) is 0 Å². The standard InChI is InChI=1S/C16H22N2O/c1-11-13-6-4-5-7-15(13)18(3)16(11)10-17-14-8-9-19-12(14)2/h4-7,12,14,17H,8-10H2,1-3H3. The van der Waals surface area contributed by atoms with Crippen molar-refractivity contribution in [3.63, 3.8) is 0 Å². The zero-order valence-electron chi connectivity index (χ0n) is 11.9. The van der Waals surface area contributed by atoms with Crippen LogP contribution in [0.5, 0.6) is 0 Å². The lowest BCUT2D eigenvalue weighted by Crippen LogP contribution is -2.34. The maximum atomic E-state index is 5.60. The van der Waals surface area contributed by atoms with Crippen LogP contribution in [0.15, 0.2) is 24.3 Å². The fourth-order valence-corrected chi connectivity index (χ4v) is 3.11. The Bertz CT molecular complexity index is 549. The second-order valence-corrected chi connectivity index (χ2v) is 5.50. The first-order chi connectivity index (χ1) is 9.18. The highest BCUT2D eigenvalue weighted by Gasteiger charge is 2.24. The van der Waals surface area contributed by atoms with Gasteiger partial charge in [-0.05, 0) is 31.9 Å². The molecule has 0 spiro atoms. The van der Waals surface area contributed by atoms with Crippen molar-refractivity contribution in [1.82, 2.24) is 9.88 Å². The second kappa shape index (κ2) is 4.99. The van der Waals surface area contributed by atoms with Crippen molar-refractivity contribution in [2.45, 2.75) is 39.0 Å². The van der Waals surface area contributed by atoms with Crippen LogP contribution in [0.3, 0.4) is 0 Å². The summed E-state index contributed by atoms with van der Waals surface area (Å²) < 4.78 is 7.91. The molecule has 3 heteroatoms. The second-order valence-electron chi connectivity index (χ2n) is 5.50. The Hall–Kier alpha value is -1.32. The molecule has 3 nitrogen and oxygen atoms in total. The normalized spacial score (nSPS) is 23.3. The van der Waals surface area contributed by atoms with Gasteiger partial charge in [0.05, 0.1) is 6.10 Å². The Balaban J connectivity index is 1.84. The average Bonchev–Trinajstić information content (AvgIpc) is 2.93. The third-order valence-electron chi connectivity index (χ3n) is 4.42. The van der Waals surface area contributed by atoms with Crippen LogP contribution in [0.2, 0.25) is 0 Å². The van der Waals surface area contributed by atoms with Gasteiger partial charge in [-0.3, -0.25) is 0 Å². The number of aromatic nitrogens is 1. The molecule has 1 aromatic carbocycles. The summed E-state index contributed by atoms with van der Waals surface area (Å²) in [6, 6.07) is 9.09. The van der Waals surface area contributed by atoms with Crippen molar-refractivity contribution < 1.29 is 4.74 Å². The fourth-order valence-electron chi connectivity index (χ4n) is 3.11. The van der Waals surface area contributed by atoms with Gasteiger partial charge in [-0.1, -0.05) is 18.2 Å². The molecule has 2 aromatic rings. The largest absolute Gasteiger partial charge is 0.377 e. The van der Waals surface area contributed by atoms with E-state index in [1.807, 2.05) is 0 Å². The Kier molecular flexibility index (Phi) is 3.33. The summed E-state index contributed by atoms with van der Waals surface area (Å²) in [6.45, 7) is 6.16. The molecular weight excluding hydrogens is 236 g/mol. The molecule has 2 heterocycles. The predicted octanol–water partition coefficient (Wildman–Crippen LogP) is 2.75. The number of para-hydroxylation sites is 1. The van der Waals surface area contributed by atoms with Gasteiger partial charge in [0.25, 0.3) is 0 Å². The quantitative estimate of drug-likeness (QED) is 0.916. The van der Waals surface area contributed by atoms with E-state index in [4.69, 9.17) is 4.74 Å². The van der Waals surface area contributed by atoms with Crippen molar-refractivity contribution in [3.05, 3.63) is 35.5 Å². The van der Waals surface area contributed by atoms with Crippen LogP contribution in [0.1, 0.15) is 24.6 Å². The van der Waals surface area contributed by atoms with E-state index in [2.05, 4.69) is 55.0 Å². The zero-order chi connectivity index (χ0) is 13.4. The van der Waals surface area contributed by atoms with Gasteiger partial charge < -0.3 is 14.6 Å². The molecule has 19 heavy (non-hydrogen) atoms. The van der Waals surface area contributed by atoms with Gasteiger partial charge in [0.2, 0.25) is 0 Å². The van der Waals surface area contributed by atoms with Crippen molar-refractivity contribution in [2.24, 2.45) is 7.05 Å². The van der Waals surface area contributed by atoms with Crippen LogP contribution >= 0.6 is 0 Å². The molecule has 2 atom stereocenters. The Morgan fingerprint density at radius 3 is 2.84 bits per heavy atom. The van der Waals surface area contributed by atoms with Crippen molar-refractivity contribution >= 4 is 10.9 Å². The minimum atomic E-state index is 0.329. The molecule has 1 fully saturated rings. The average molecular weight is 258 g/mol. The lowest BCUT2D eigenvalue weighted by Gasteiger charge is -2.17. The van der Waals surface area contributed by atoms with Crippen LogP contribution in [0.4, 0.5) is 0 Å². The molecule has 1 aromatic heterocycles. The zero-order valence-corrected chi connectivity index (χ0v) is 11.9. The molecule has 0 aliphatic carbocycles. The van der Waals surface area contributed by atoms with Crippen LogP contribution < -0.4 is 5.32 Å². The number of ether oxygens (including phenoxy) is 1. The summed E-state index contributed by atoms with van der Waals surface area (Å²) in [6.07, 6.45) is 1.44. The van der Waals surface area contributed by atoms with E-state index in [0.717, 1.165) is 19.6 Å². The van der Waals surface area contributed by atoms with E-state index >= 15 is 0 Å². The van der Waals surface area contributed by atoms with Gasteiger partial charge in [-0.25, -0.2) is 0 Å². The lowest BCUT2D eigenvalue weighted by atomic mass is 10.1. The molecular formula is C16H22N2O. The number of hydrogen-bond donors (Lipinski definition) is 1. The number of nitrogens with one attached hydrogen (secondary N) is 1. The molecule has 2 unspecified atom stereocenters. The maximum absolute atomic E-state index is 5.60. The number of aryl methyl sites for hydroxylation is 2. The monoisotopic (exact) mass is 258 g/mol. The van der Waals surface area contributed by atoms with Gasteiger partial charge in [0, 0.05) is 42.8 Å². The Labute approximate surface area is 114 Å². The van der Waals surface area contributed by atoms with Gasteiger partial charge >= 0.3 is 0 Å². The summed E-state index contributed by atoms with van der Waals surface area (Å²) in [5.74, 6) is 0. The molecule has 1 N–H and O–H groups in total. The summed E-state index contributed by atoms with van der Waals surface area (Å²) in [5, 5.41) is 5.00. The number of hydrogen-bond acceptors (Lipinski definition) is 2. The summed E-state index contributed by atoms with van der Waals surface area (Å²) in [5.41, 5.74) is 4.07. The molecule has 1 saturated heterocycles. The maximum Gasteiger partial charge on any atom is 0.0700 e. The molecule has 1 aliphatic rings. The van der Waals surface area contributed by atoms with Crippen molar-refractivity contribution in [1.29, 1.82) is 0 Å². The topological polar surface area (TPSA) is 26.2 Å². The van der Waals surface area contributed by atoms with E-state index in [0.29, 0.717) is 12.1 Å². The molecule has 1 aliphatic heterocycles. The number of benzene rings is 1. The van der Waals surface area contributed by atoms with Crippen molar-refractivity contribution in [2.75, 3.05) is 6.61 Å². The summed E-state index contributed by atoms with van der Waals surface area (Å²) in [7, 11) is 2.15. The molecule has 0 radical (unpaired) electrons. The van der Waals surface area contributed by atoms with Crippen LogP contribution in [-0.4, -0.2) is 23.3 Å². The minimum absolute atomic E-state index is 0.329. The third kappa shape index (κ3) is 2.17. The van der Waals surface area contributed by atoms with Gasteiger partial charge in [-0.15, -0.1) is 0 Å². The third-order valence-corrected chi connectivity index (χ3v) is 4.42. The SMILES string of the molecule is Cc1c(CNC2CCOC2C)n(C)c2ccccc12.